The highest BCUT2D eigenvalue weighted by Gasteiger charge is 2.19. The van der Waals surface area contributed by atoms with Gasteiger partial charge < -0.3 is 4.74 Å². The van der Waals surface area contributed by atoms with E-state index in [1.54, 1.807) is 12.1 Å². The van der Waals surface area contributed by atoms with Gasteiger partial charge in [-0.25, -0.2) is 0 Å². The molecule has 1 unspecified atom stereocenters. The molecule has 1 aromatic rings. The van der Waals surface area contributed by atoms with Crippen molar-refractivity contribution in [2.75, 3.05) is 5.88 Å². The number of halogens is 1. The smallest absolute Gasteiger partial charge is 0.303 e. The molecule has 0 aliphatic heterocycles. The highest BCUT2D eigenvalue weighted by atomic mass is 35.5. The number of carbonyl (C=O) groups excluding carboxylic acids is 2. The van der Waals surface area contributed by atoms with E-state index < -0.39 is 0 Å². The lowest BCUT2D eigenvalue weighted by Crippen LogP contribution is -2.14. The summed E-state index contributed by atoms with van der Waals surface area (Å²) in [5, 5.41) is 0. The zero-order valence-electron chi connectivity index (χ0n) is 12.2. The fourth-order valence-corrected chi connectivity index (χ4v) is 2.13. The topological polar surface area (TPSA) is 43.4 Å². The number of ether oxygens (including phenoxy) is 1. The highest BCUT2D eigenvalue weighted by Crippen LogP contribution is 2.26. The van der Waals surface area contributed by atoms with E-state index in [2.05, 4.69) is 0 Å². The van der Waals surface area contributed by atoms with Gasteiger partial charge in [-0.05, 0) is 17.9 Å². The maximum absolute atomic E-state index is 11.9. The second-order valence-electron chi connectivity index (χ2n) is 5.11. The Morgan fingerprint density at radius 1 is 1.20 bits per heavy atom. The third-order valence-electron chi connectivity index (χ3n) is 3.00. The van der Waals surface area contributed by atoms with Crippen molar-refractivity contribution in [1.29, 1.82) is 0 Å². The Hall–Kier alpha value is -1.35. The summed E-state index contributed by atoms with van der Waals surface area (Å²) in [5.41, 5.74) is 1.58. The summed E-state index contributed by atoms with van der Waals surface area (Å²) in [6.07, 6.45) is 0.865. The lowest BCUT2D eigenvalue weighted by atomic mass is 9.96. The Morgan fingerprint density at radius 3 is 2.25 bits per heavy atom. The predicted octanol–water partition coefficient (Wildman–Crippen LogP) is 4.15. The number of benzene rings is 1. The molecule has 0 saturated carbocycles. The van der Waals surface area contributed by atoms with Gasteiger partial charge in [-0.3, -0.25) is 9.59 Å². The Morgan fingerprint density at radius 2 is 1.80 bits per heavy atom. The molecule has 0 fully saturated rings. The first kappa shape index (κ1) is 16.7. The number of alkyl halides is 1. The minimum atomic E-state index is -0.300. The van der Waals surface area contributed by atoms with Crippen molar-refractivity contribution in [1.82, 2.24) is 0 Å². The molecule has 0 aliphatic rings. The van der Waals surface area contributed by atoms with Crippen LogP contribution in [0.5, 0.6) is 0 Å². The van der Waals surface area contributed by atoms with Gasteiger partial charge in [0.1, 0.15) is 6.10 Å². The van der Waals surface area contributed by atoms with E-state index in [1.807, 2.05) is 26.0 Å². The largest absolute Gasteiger partial charge is 0.457 e. The lowest BCUT2D eigenvalue weighted by molar-refractivity contribution is -0.149. The molecule has 0 spiro atoms. The van der Waals surface area contributed by atoms with Gasteiger partial charge >= 0.3 is 5.97 Å². The van der Waals surface area contributed by atoms with Crippen molar-refractivity contribution in [2.45, 2.75) is 39.7 Å². The van der Waals surface area contributed by atoms with E-state index in [0.29, 0.717) is 24.3 Å². The van der Waals surface area contributed by atoms with Crippen molar-refractivity contribution >= 4 is 23.4 Å². The molecule has 0 N–H and O–H groups in total. The number of rotatable bonds is 7. The molecule has 0 amide bonds. The van der Waals surface area contributed by atoms with Crippen LogP contribution in [0, 0.1) is 5.92 Å². The second kappa shape index (κ2) is 8.05. The van der Waals surface area contributed by atoms with Gasteiger partial charge in [0, 0.05) is 24.8 Å². The number of esters is 1. The Balaban J connectivity index is 2.82. The normalized spacial score (nSPS) is 12.2. The van der Waals surface area contributed by atoms with Gasteiger partial charge in [0.25, 0.3) is 0 Å². The van der Waals surface area contributed by atoms with Crippen LogP contribution in [0.1, 0.15) is 55.6 Å². The van der Waals surface area contributed by atoms with Gasteiger partial charge in [0.05, 0.1) is 0 Å². The van der Waals surface area contributed by atoms with Crippen LogP contribution < -0.4 is 0 Å². The van der Waals surface area contributed by atoms with E-state index in [0.717, 1.165) is 5.56 Å². The van der Waals surface area contributed by atoms with Crippen molar-refractivity contribution in [3.05, 3.63) is 35.4 Å². The summed E-state index contributed by atoms with van der Waals surface area (Å²) in [6, 6.07) is 7.26. The fraction of sp³-hybridized carbons (Fsp3) is 0.500. The van der Waals surface area contributed by atoms with Crippen LogP contribution in [0.2, 0.25) is 0 Å². The molecule has 110 valence electrons. The first-order valence-corrected chi connectivity index (χ1v) is 7.35. The first-order valence-electron chi connectivity index (χ1n) is 6.82. The maximum atomic E-state index is 11.9. The van der Waals surface area contributed by atoms with Gasteiger partial charge in [-0.1, -0.05) is 38.1 Å². The van der Waals surface area contributed by atoms with Crippen LogP contribution >= 0.6 is 11.6 Å². The second-order valence-corrected chi connectivity index (χ2v) is 5.49. The third-order valence-corrected chi connectivity index (χ3v) is 3.26. The van der Waals surface area contributed by atoms with Crippen LogP contribution in [0.25, 0.3) is 0 Å². The van der Waals surface area contributed by atoms with Crippen molar-refractivity contribution in [3.8, 4) is 0 Å². The number of hydrogen-bond acceptors (Lipinski definition) is 3. The van der Waals surface area contributed by atoms with Gasteiger partial charge in [0.15, 0.2) is 5.78 Å². The quantitative estimate of drug-likeness (QED) is 0.431. The number of hydrogen-bond donors (Lipinski definition) is 0. The Kier molecular flexibility index (Phi) is 6.73. The van der Waals surface area contributed by atoms with E-state index in [9.17, 15) is 9.59 Å². The average molecular weight is 297 g/mol. The number of ketones is 1. The molecule has 0 saturated heterocycles. The van der Waals surface area contributed by atoms with Gasteiger partial charge in [0.2, 0.25) is 0 Å². The van der Waals surface area contributed by atoms with Crippen LogP contribution in [-0.2, 0) is 9.53 Å². The molecule has 0 aromatic heterocycles. The summed E-state index contributed by atoms with van der Waals surface area (Å²) in [4.78, 5) is 23.0. The molecule has 0 radical (unpaired) electrons. The molecule has 0 aliphatic carbocycles. The average Bonchev–Trinajstić information content (AvgIpc) is 2.42. The van der Waals surface area contributed by atoms with Gasteiger partial charge in [-0.2, -0.15) is 0 Å². The van der Waals surface area contributed by atoms with Crippen LogP contribution in [0.3, 0.4) is 0 Å². The van der Waals surface area contributed by atoms with E-state index in [1.165, 1.54) is 6.92 Å². The minimum Gasteiger partial charge on any atom is -0.457 e. The summed E-state index contributed by atoms with van der Waals surface area (Å²) >= 11 is 5.58. The molecule has 3 nitrogen and oxygen atoms in total. The van der Waals surface area contributed by atoms with E-state index in [-0.39, 0.29) is 23.8 Å². The highest BCUT2D eigenvalue weighted by molar-refractivity contribution is 6.18. The van der Waals surface area contributed by atoms with Crippen molar-refractivity contribution < 1.29 is 14.3 Å². The zero-order valence-corrected chi connectivity index (χ0v) is 12.9. The summed E-state index contributed by atoms with van der Waals surface area (Å²) in [6.45, 7) is 5.39. The third kappa shape index (κ3) is 4.97. The molecule has 1 aromatic carbocycles. The molecule has 0 heterocycles. The number of carbonyl (C=O) groups is 2. The predicted molar refractivity (Wildman–Crippen MR) is 80.1 cm³/mol. The molecule has 20 heavy (non-hydrogen) atoms. The molecule has 4 heteroatoms. The monoisotopic (exact) mass is 296 g/mol. The molecular weight excluding hydrogens is 276 g/mol. The van der Waals surface area contributed by atoms with Crippen LogP contribution in [0.4, 0.5) is 0 Å². The fourth-order valence-electron chi connectivity index (χ4n) is 2.00. The first-order chi connectivity index (χ1) is 9.45. The van der Waals surface area contributed by atoms with Crippen molar-refractivity contribution in [2.24, 2.45) is 5.92 Å². The Bertz CT molecular complexity index is 451. The zero-order chi connectivity index (χ0) is 15.1. The SMILES string of the molecule is CC(=O)OC(c1ccc(C(=O)CCCCl)cc1)C(C)C. The lowest BCUT2D eigenvalue weighted by Gasteiger charge is -2.21. The summed E-state index contributed by atoms with van der Waals surface area (Å²) in [5.74, 6) is 0.458. The molecule has 1 rings (SSSR count). The van der Waals surface area contributed by atoms with Crippen LogP contribution in [0.15, 0.2) is 24.3 Å². The summed E-state index contributed by atoms with van der Waals surface area (Å²) < 4.78 is 5.32. The van der Waals surface area contributed by atoms with E-state index >= 15 is 0 Å². The molecule has 1 atom stereocenters. The summed E-state index contributed by atoms with van der Waals surface area (Å²) in [7, 11) is 0. The number of Topliss-reactive ketones (excluding diaryl/α,β-unsaturated/α-hetero) is 1. The molecule has 0 bridgehead atoms. The maximum Gasteiger partial charge on any atom is 0.303 e. The van der Waals surface area contributed by atoms with Crippen molar-refractivity contribution in [3.63, 3.8) is 0 Å². The minimum absolute atomic E-state index is 0.0887. The molecular formula is C16H21ClO3. The van der Waals surface area contributed by atoms with E-state index in [4.69, 9.17) is 16.3 Å². The Labute approximate surface area is 125 Å². The van der Waals surface area contributed by atoms with Crippen LogP contribution in [-0.4, -0.2) is 17.6 Å². The standard InChI is InChI=1S/C16H21ClO3/c1-11(2)16(20-12(3)18)14-8-6-13(7-9-14)15(19)5-4-10-17/h6-9,11,16H,4-5,10H2,1-3H3. The van der Waals surface area contributed by atoms with Gasteiger partial charge in [-0.15, -0.1) is 11.6 Å².